The Morgan fingerprint density at radius 3 is 3.00 bits per heavy atom. The van der Waals surface area contributed by atoms with Crippen molar-refractivity contribution in [1.82, 2.24) is 15.1 Å². The minimum Gasteiger partial charge on any atom is -0.396 e. The molecule has 2 rings (SSSR count). The van der Waals surface area contributed by atoms with Gasteiger partial charge >= 0.3 is 0 Å². The molecular weight excluding hydrogens is 232 g/mol. The van der Waals surface area contributed by atoms with Crippen LogP contribution in [0.25, 0.3) is 0 Å². The van der Waals surface area contributed by atoms with Crippen molar-refractivity contribution in [2.24, 2.45) is 0 Å². The van der Waals surface area contributed by atoms with Gasteiger partial charge in [0.1, 0.15) is 0 Å². The Bertz CT molecular complexity index is 430. The van der Waals surface area contributed by atoms with Gasteiger partial charge in [-0.05, 0) is 26.2 Å². The van der Waals surface area contributed by atoms with E-state index < -0.39 is 0 Å². The fourth-order valence-corrected chi connectivity index (χ4v) is 2.31. The second kappa shape index (κ2) is 5.39. The zero-order chi connectivity index (χ0) is 13.1. The number of methoxy groups -OCH3 is 1. The van der Waals surface area contributed by atoms with E-state index in [1.807, 2.05) is 6.92 Å². The molecule has 2 unspecified atom stereocenters. The van der Waals surface area contributed by atoms with E-state index in [-0.39, 0.29) is 18.1 Å². The van der Waals surface area contributed by atoms with Crippen molar-refractivity contribution in [2.75, 3.05) is 12.8 Å². The third-order valence-electron chi connectivity index (χ3n) is 3.38. The van der Waals surface area contributed by atoms with Crippen molar-refractivity contribution >= 4 is 11.6 Å². The van der Waals surface area contributed by atoms with Gasteiger partial charge < -0.3 is 15.8 Å². The van der Waals surface area contributed by atoms with Crippen LogP contribution in [0.4, 0.5) is 5.69 Å². The molecule has 0 aliphatic heterocycles. The fraction of sp³-hybridized carbons (Fsp3) is 0.667. The molecule has 1 heterocycles. The quantitative estimate of drug-likeness (QED) is 0.829. The highest BCUT2D eigenvalue weighted by Gasteiger charge is 2.27. The lowest BCUT2D eigenvalue weighted by Gasteiger charge is -2.12. The highest BCUT2D eigenvalue weighted by molar-refractivity contribution is 5.97. The Labute approximate surface area is 106 Å². The van der Waals surface area contributed by atoms with Crippen LogP contribution in [0.2, 0.25) is 0 Å². The smallest absolute Gasteiger partial charge is 0.274 e. The maximum atomic E-state index is 12.0. The first-order valence-corrected chi connectivity index (χ1v) is 6.30. The summed E-state index contributed by atoms with van der Waals surface area (Å²) in [6.45, 7) is 2.65. The first kappa shape index (κ1) is 12.9. The van der Waals surface area contributed by atoms with Crippen LogP contribution in [0.3, 0.4) is 0 Å². The van der Waals surface area contributed by atoms with Crippen LogP contribution < -0.4 is 11.1 Å². The monoisotopic (exact) mass is 252 g/mol. The molecule has 1 saturated carbocycles. The number of carbonyl (C=O) groups excluding carboxylic acids is 1. The summed E-state index contributed by atoms with van der Waals surface area (Å²) in [5, 5.41) is 7.12. The molecule has 18 heavy (non-hydrogen) atoms. The highest BCUT2D eigenvalue weighted by Crippen LogP contribution is 2.22. The van der Waals surface area contributed by atoms with Gasteiger partial charge in [0.2, 0.25) is 0 Å². The van der Waals surface area contributed by atoms with E-state index in [2.05, 4.69) is 10.4 Å². The van der Waals surface area contributed by atoms with Crippen LogP contribution in [0.5, 0.6) is 0 Å². The second-order valence-corrected chi connectivity index (χ2v) is 4.63. The minimum absolute atomic E-state index is 0.161. The lowest BCUT2D eigenvalue weighted by atomic mass is 10.2. The lowest BCUT2D eigenvalue weighted by molar-refractivity contribution is 0.0910. The predicted molar refractivity (Wildman–Crippen MR) is 68.2 cm³/mol. The van der Waals surface area contributed by atoms with Gasteiger partial charge in [0.25, 0.3) is 5.91 Å². The lowest BCUT2D eigenvalue weighted by Crippen LogP contribution is -2.34. The molecule has 0 aromatic carbocycles. The molecule has 0 saturated heterocycles. The Kier molecular flexibility index (Phi) is 3.86. The summed E-state index contributed by atoms with van der Waals surface area (Å²) in [6, 6.07) is 0.161. The van der Waals surface area contributed by atoms with E-state index in [9.17, 15) is 4.79 Å². The number of anilines is 1. The average molecular weight is 252 g/mol. The van der Waals surface area contributed by atoms with Crippen LogP contribution in [-0.4, -0.2) is 34.9 Å². The van der Waals surface area contributed by atoms with Crippen LogP contribution in [0.1, 0.15) is 36.7 Å². The molecule has 0 radical (unpaired) electrons. The van der Waals surface area contributed by atoms with Gasteiger partial charge in [-0.2, -0.15) is 5.10 Å². The number of aryl methyl sites for hydroxylation is 1. The molecular formula is C12H20N4O2. The third kappa shape index (κ3) is 2.64. The van der Waals surface area contributed by atoms with E-state index >= 15 is 0 Å². The molecule has 1 aliphatic carbocycles. The molecule has 0 bridgehead atoms. The fourth-order valence-electron chi connectivity index (χ4n) is 2.31. The zero-order valence-corrected chi connectivity index (χ0v) is 10.8. The first-order chi connectivity index (χ1) is 8.63. The van der Waals surface area contributed by atoms with Gasteiger partial charge in [-0.25, -0.2) is 0 Å². The number of hydrogen-bond acceptors (Lipinski definition) is 4. The maximum Gasteiger partial charge on any atom is 0.274 e. The first-order valence-electron chi connectivity index (χ1n) is 6.30. The number of ether oxygens (including phenoxy) is 1. The number of amides is 1. The normalized spacial score (nSPS) is 23.2. The molecule has 1 amide bonds. The van der Waals surface area contributed by atoms with E-state index in [0.717, 1.165) is 19.3 Å². The van der Waals surface area contributed by atoms with Gasteiger partial charge in [0, 0.05) is 25.9 Å². The minimum atomic E-state index is -0.193. The van der Waals surface area contributed by atoms with Crippen LogP contribution in [-0.2, 0) is 11.3 Å². The largest absolute Gasteiger partial charge is 0.396 e. The molecule has 6 nitrogen and oxygen atoms in total. The van der Waals surface area contributed by atoms with Gasteiger partial charge in [-0.1, -0.05) is 0 Å². The topological polar surface area (TPSA) is 82.2 Å². The summed E-state index contributed by atoms with van der Waals surface area (Å²) >= 11 is 0. The molecule has 1 aromatic rings. The van der Waals surface area contributed by atoms with E-state index in [4.69, 9.17) is 10.5 Å². The Balaban J connectivity index is 1.97. The summed E-state index contributed by atoms with van der Waals surface area (Å²) in [6.07, 6.45) is 4.72. The van der Waals surface area contributed by atoms with Crippen molar-refractivity contribution in [3.63, 3.8) is 0 Å². The molecule has 1 aliphatic rings. The molecule has 1 aromatic heterocycles. The summed E-state index contributed by atoms with van der Waals surface area (Å²) in [5.74, 6) is -0.193. The van der Waals surface area contributed by atoms with Crippen molar-refractivity contribution in [1.29, 1.82) is 0 Å². The Hall–Kier alpha value is -1.56. The van der Waals surface area contributed by atoms with E-state index in [0.29, 0.717) is 17.9 Å². The Morgan fingerprint density at radius 1 is 1.67 bits per heavy atom. The number of nitrogens with two attached hydrogens (primary N) is 1. The number of nitrogens with one attached hydrogen (secondary N) is 1. The average Bonchev–Trinajstić information content (AvgIpc) is 2.95. The van der Waals surface area contributed by atoms with Crippen molar-refractivity contribution in [2.45, 2.75) is 44.9 Å². The predicted octanol–water partition coefficient (Wildman–Crippen LogP) is 0.782. The zero-order valence-electron chi connectivity index (χ0n) is 10.8. The molecule has 6 heteroatoms. The molecule has 2 atom stereocenters. The van der Waals surface area contributed by atoms with Crippen molar-refractivity contribution < 1.29 is 9.53 Å². The van der Waals surface area contributed by atoms with Crippen LogP contribution >= 0.6 is 0 Å². The third-order valence-corrected chi connectivity index (χ3v) is 3.38. The van der Waals surface area contributed by atoms with Gasteiger partial charge in [-0.15, -0.1) is 0 Å². The molecule has 0 spiro atoms. The number of aromatic nitrogens is 2. The van der Waals surface area contributed by atoms with Crippen molar-refractivity contribution in [3.8, 4) is 0 Å². The summed E-state index contributed by atoms with van der Waals surface area (Å²) in [4.78, 5) is 12.0. The molecule has 3 N–H and O–H groups in total. The summed E-state index contributed by atoms with van der Waals surface area (Å²) < 4.78 is 6.94. The number of nitrogens with zero attached hydrogens (tertiary/aromatic N) is 2. The standard InChI is InChI=1S/C12H20N4O2/c1-3-16-7-10(13)11(15-16)12(17)14-8-4-5-9(6-8)18-2/h7-9H,3-6,13H2,1-2H3,(H,14,17). The number of nitrogen functional groups attached to an aromatic ring is 1. The van der Waals surface area contributed by atoms with Crippen LogP contribution in [0, 0.1) is 0 Å². The van der Waals surface area contributed by atoms with Gasteiger partial charge in [0.15, 0.2) is 5.69 Å². The van der Waals surface area contributed by atoms with Gasteiger partial charge in [0.05, 0.1) is 11.8 Å². The number of hydrogen-bond donors (Lipinski definition) is 2. The number of rotatable bonds is 4. The SMILES string of the molecule is CCn1cc(N)c(C(=O)NC2CCC(OC)C2)n1. The second-order valence-electron chi connectivity index (χ2n) is 4.63. The van der Waals surface area contributed by atoms with Crippen molar-refractivity contribution in [3.05, 3.63) is 11.9 Å². The van der Waals surface area contributed by atoms with E-state index in [1.54, 1.807) is 18.0 Å². The Morgan fingerprint density at radius 2 is 2.44 bits per heavy atom. The van der Waals surface area contributed by atoms with Gasteiger partial charge in [-0.3, -0.25) is 9.48 Å². The molecule has 1 fully saturated rings. The maximum absolute atomic E-state index is 12.0. The van der Waals surface area contributed by atoms with E-state index in [1.165, 1.54) is 0 Å². The highest BCUT2D eigenvalue weighted by atomic mass is 16.5. The number of carbonyl (C=O) groups is 1. The molecule has 100 valence electrons. The van der Waals surface area contributed by atoms with Crippen LogP contribution in [0.15, 0.2) is 6.20 Å². The summed E-state index contributed by atoms with van der Waals surface area (Å²) in [7, 11) is 1.70. The summed E-state index contributed by atoms with van der Waals surface area (Å²) in [5.41, 5.74) is 6.52.